The molecule has 122 valence electrons. The lowest BCUT2D eigenvalue weighted by Crippen LogP contribution is -1.97. The minimum Gasteiger partial charge on any atom is -0.288 e. The molecule has 0 unspecified atom stereocenters. The molecule has 2 nitrogen and oxygen atoms in total. The summed E-state index contributed by atoms with van der Waals surface area (Å²) in [5.74, 6) is -0.582. The number of carbonyl (C=O) groups excluding carboxylic acids is 1. The second-order valence-corrected chi connectivity index (χ2v) is 6.74. The van der Waals surface area contributed by atoms with Gasteiger partial charge in [0.15, 0.2) is 0 Å². The maximum atomic E-state index is 13.0. The Balaban J connectivity index is 1.88. The topological polar surface area (TPSA) is 40.9 Å². The molecule has 0 aliphatic carbocycles. The number of hydrogen-bond donors (Lipinski definition) is 0. The molecule has 3 aromatic rings. The van der Waals surface area contributed by atoms with E-state index in [0.29, 0.717) is 25.9 Å². The fraction of sp³-hybridized carbons (Fsp3) is 0. The first-order chi connectivity index (χ1) is 12.1. The Kier molecular flexibility index (Phi) is 5.08. The van der Waals surface area contributed by atoms with Crippen molar-refractivity contribution >= 4 is 40.4 Å². The van der Waals surface area contributed by atoms with Crippen LogP contribution in [0.4, 0.5) is 4.39 Å². The van der Waals surface area contributed by atoms with Crippen molar-refractivity contribution in [1.29, 1.82) is 5.26 Å². The first-order valence-corrected chi connectivity index (χ1v) is 8.54. The van der Waals surface area contributed by atoms with Gasteiger partial charge in [-0.05, 0) is 60.2 Å². The summed E-state index contributed by atoms with van der Waals surface area (Å²) < 4.78 is 13.0. The van der Waals surface area contributed by atoms with Crippen LogP contribution in [0.15, 0.2) is 60.7 Å². The Labute approximate surface area is 153 Å². The molecule has 0 atom stereocenters. The Morgan fingerprint density at radius 1 is 1.00 bits per heavy atom. The van der Waals surface area contributed by atoms with E-state index in [0.717, 1.165) is 5.56 Å². The minimum absolute atomic E-state index is 0.194. The van der Waals surface area contributed by atoms with Crippen molar-refractivity contribution in [2.24, 2.45) is 0 Å². The Morgan fingerprint density at radius 3 is 2.28 bits per heavy atom. The number of thiophene rings is 1. The molecule has 3 rings (SSSR count). The summed E-state index contributed by atoms with van der Waals surface area (Å²) in [5.41, 5.74) is 1.72. The Hall–Kier alpha value is -2.74. The van der Waals surface area contributed by atoms with Gasteiger partial charge in [0, 0.05) is 15.5 Å². The molecule has 1 aromatic heterocycles. The average molecular weight is 368 g/mol. The van der Waals surface area contributed by atoms with Crippen molar-refractivity contribution in [3.8, 4) is 6.07 Å². The second-order valence-electron chi connectivity index (χ2n) is 5.22. The quantitative estimate of drug-likeness (QED) is 0.429. The number of ketones is 1. The number of rotatable bonds is 4. The van der Waals surface area contributed by atoms with Crippen LogP contribution >= 0.6 is 22.9 Å². The SMILES string of the molecule is N#CC(=Cc1ccc(Cl)cc1)c1ccc(C(=O)c2ccc(F)cc2)s1. The third kappa shape index (κ3) is 4.03. The highest BCUT2D eigenvalue weighted by atomic mass is 35.5. The van der Waals surface area contributed by atoms with E-state index in [9.17, 15) is 14.4 Å². The third-order valence-corrected chi connectivity index (χ3v) is 4.87. The highest BCUT2D eigenvalue weighted by molar-refractivity contribution is 7.15. The largest absolute Gasteiger partial charge is 0.288 e. The number of allylic oxidation sites excluding steroid dienone is 1. The van der Waals surface area contributed by atoms with Gasteiger partial charge in [0.25, 0.3) is 0 Å². The molecule has 0 aliphatic heterocycles. The molecular weight excluding hydrogens is 357 g/mol. The van der Waals surface area contributed by atoms with E-state index in [1.54, 1.807) is 30.3 Å². The molecule has 0 bridgehead atoms. The molecule has 5 heteroatoms. The van der Waals surface area contributed by atoms with Crippen LogP contribution in [-0.2, 0) is 0 Å². The van der Waals surface area contributed by atoms with Crippen molar-refractivity contribution in [2.75, 3.05) is 0 Å². The minimum atomic E-state index is -0.388. The van der Waals surface area contributed by atoms with Crippen LogP contribution in [0.5, 0.6) is 0 Å². The zero-order chi connectivity index (χ0) is 17.8. The van der Waals surface area contributed by atoms with Gasteiger partial charge in [0.1, 0.15) is 11.9 Å². The predicted octanol–water partition coefficient (Wildman–Crippen LogP) is 5.84. The van der Waals surface area contributed by atoms with Gasteiger partial charge in [0.05, 0.1) is 10.5 Å². The molecule has 0 spiro atoms. The maximum absolute atomic E-state index is 13.0. The molecule has 0 amide bonds. The fourth-order valence-electron chi connectivity index (χ4n) is 2.23. The summed E-state index contributed by atoms with van der Waals surface area (Å²) >= 11 is 7.10. The molecule has 0 saturated heterocycles. The summed E-state index contributed by atoms with van der Waals surface area (Å²) in [7, 11) is 0. The summed E-state index contributed by atoms with van der Waals surface area (Å²) in [6.45, 7) is 0. The predicted molar refractivity (Wildman–Crippen MR) is 99.1 cm³/mol. The number of hydrogen-bond acceptors (Lipinski definition) is 3. The lowest BCUT2D eigenvalue weighted by Gasteiger charge is -1.98. The normalized spacial score (nSPS) is 11.2. The summed E-state index contributed by atoms with van der Waals surface area (Å²) in [4.78, 5) is 13.6. The van der Waals surface area contributed by atoms with Crippen LogP contribution < -0.4 is 0 Å². The molecule has 0 saturated carbocycles. The smallest absolute Gasteiger partial charge is 0.202 e. The number of nitriles is 1. The van der Waals surface area contributed by atoms with Crippen LogP contribution in [0.3, 0.4) is 0 Å². The first kappa shape index (κ1) is 17.1. The van der Waals surface area contributed by atoms with E-state index >= 15 is 0 Å². The molecule has 0 N–H and O–H groups in total. The third-order valence-electron chi connectivity index (χ3n) is 3.50. The van der Waals surface area contributed by atoms with E-state index in [2.05, 4.69) is 6.07 Å². The van der Waals surface area contributed by atoms with Gasteiger partial charge in [-0.3, -0.25) is 4.79 Å². The van der Waals surface area contributed by atoms with E-state index in [4.69, 9.17) is 11.6 Å². The Morgan fingerprint density at radius 2 is 1.64 bits per heavy atom. The lowest BCUT2D eigenvalue weighted by atomic mass is 10.1. The average Bonchev–Trinajstić information content (AvgIpc) is 3.11. The van der Waals surface area contributed by atoms with Crippen molar-refractivity contribution in [3.63, 3.8) is 0 Å². The van der Waals surface area contributed by atoms with Gasteiger partial charge in [-0.1, -0.05) is 23.7 Å². The van der Waals surface area contributed by atoms with E-state index < -0.39 is 0 Å². The van der Waals surface area contributed by atoms with Crippen molar-refractivity contribution in [3.05, 3.63) is 92.4 Å². The molecule has 0 aliphatic rings. The number of nitrogens with zero attached hydrogens (tertiary/aromatic N) is 1. The van der Waals surface area contributed by atoms with Crippen molar-refractivity contribution in [2.45, 2.75) is 0 Å². The van der Waals surface area contributed by atoms with Crippen molar-refractivity contribution in [1.82, 2.24) is 0 Å². The molecule has 0 radical (unpaired) electrons. The number of benzene rings is 2. The molecule has 0 fully saturated rings. The second kappa shape index (κ2) is 7.43. The van der Waals surface area contributed by atoms with Crippen LogP contribution in [-0.4, -0.2) is 5.78 Å². The Bertz CT molecular complexity index is 982. The molecule has 25 heavy (non-hydrogen) atoms. The number of halogens is 2. The number of carbonyl (C=O) groups is 1. The highest BCUT2D eigenvalue weighted by Gasteiger charge is 2.14. The zero-order valence-electron chi connectivity index (χ0n) is 12.9. The van der Waals surface area contributed by atoms with E-state index in [1.807, 2.05) is 12.1 Å². The zero-order valence-corrected chi connectivity index (χ0v) is 14.4. The summed E-state index contributed by atoms with van der Waals surface area (Å²) in [6, 6.07) is 18.1. The maximum Gasteiger partial charge on any atom is 0.202 e. The first-order valence-electron chi connectivity index (χ1n) is 7.34. The molecule has 2 aromatic carbocycles. The summed E-state index contributed by atoms with van der Waals surface area (Å²) in [6.07, 6.45) is 1.74. The standard InChI is InChI=1S/C20H11ClFNOS/c21-16-5-1-13(2-6-16)11-15(12-23)18-9-10-19(25-18)20(24)14-3-7-17(22)8-4-14/h1-11H. The molecular formula is C20H11ClFNOS. The monoisotopic (exact) mass is 367 g/mol. The lowest BCUT2D eigenvalue weighted by molar-refractivity contribution is 0.104. The van der Waals surface area contributed by atoms with Gasteiger partial charge in [0.2, 0.25) is 5.78 Å². The van der Waals surface area contributed by atoms with Crippen LogP contribution in [0.2, 0.25) is 5.02 Å². The van der Waals surface area contributed by atoms with Crippen LogP contribution in [0.25, 0.3) is 11.6 Å². The van der Waals surface area contributed by atoms with Crippen LogP contribution in [0, 0.1) is 17.1 Å². The van der Waals surface area contributed by atoms with Gasteiger partial charge in [-0.2, -0.15) is 5.26 Å². The molecule has 1 heterocycles. The van der Waals surface area contributed by atoms with Gasteiger partial charge in [-0.15, -0.1) is 11.3 Å². The fourth-order valence-corrected chi connectivity index (χ4v) is 3.29. The van der Waals surface area contributed by atoms with Gasteiger partial charge in [-0.25, -0.2) is 4.39 Å². The van der Waals surface area contributed by atoms with E-state index in [1.165, 1.54) is 35.6 Å². The van der Waals surface area contributed by atoms with Crippen molar-refractivity contribution < 1.29 is 9.18 Å². The van der Waals surface area contributed by atoms with Gasteiger partial charge >= 0.3 is 0 Å². The highest BCUT2D eigenvalue weighted by Crippen LogP contribution is 2.27. The summed E-state index contributed by atoms with van der Waals surface area (Å²) in [5, 5.41) is 10.1. The van der Waals surface area contributed by atoms with Crippen LogP contribution in [0.1, 0.15) is 25.7 Å². The van der Waals surface area contributed by atoms with Gasteiger partial charge < -0.3 is 0 Å². The van der Waals surface area contributed by atoms with E-state index in [-0.39, 0.29) is 11.6 Å².